The van der Waals surface area contributed by atoms with Gasteiger partial charge in [0.1, 0.15) is 18.9 Å². The Morgan fingerprint density at radius 1 is 0.864 bits per heavy atom. The quantitative estimate of drug-likeness (QED) is 0.471. The molecule has 3 nitrogen and oxygen atoms in total. The lowest BCUT2D eigenvalue weighted by molar-refractivity contribution is -0.698. The predicted octanol–water partition coefficient (Wildman–Crippen LogP) is 3.43. The second-order valence-electron chi connectivity index (χ2n) is 6.27. The lowest BCUT2D eigenvalue weighted by Gasteiger charge is -1.99. The molecule has 2 heterocycles. The van der Waals surface area contributed by atoms with Crippen LogP contribution in [-0.2, 0) is 19.6 Å². The van der Waals surface area contributed by atoms with E-state index in [1.165, 1.54) is 44.1 Å². The zero-order valence-electron chi connectivity index (χ0n) is 14.2. The molecule has 2 aromatic heterocycles. The van der Waals surface area contributed by atoms with E-state index in [1.54, 1.807) is 0 Å². The lowest BCUT2D eigenvalue weighted by Crippen LogP contribution is -2.32. The van der Waals surface area contributed by atoms with Gasteiger partial charge in [0.25, 0.3) is 0 Å². The lowest BCUT2D eigenvalue weighted by atomic mass is 10.2. The van der Waals surface area contributed by atoms with E-state index < -0.39 is 0 Å². The van der Waals surface area contributed by atoms with Crippen molar-refractivity contribution in [2.24, 2.45) is 0 Å². The van der Waals surface area contributed by atoms with Gasteiger partial charge in [0, 0.05) is 18.6 Å². The van der Waals surface area contributed by atoms with E-state index in [9.17, 15) is 0 Å². The molecule has 0 aliphatic carbocycles. The highest BCUT2D eigenvalue weighted by atomic mass is 15.1. The van der Waals surface area contributed by atoms with Crippen LogP contribution in [0.25, 0.3) is 0 Å². The first kappa shape index (κ1) is 16.7. The van der Waals surface area contributed by atoms with Gasteiger partial charge in [-0.05, 0) is 38.2 Å². The number of aryl methyl sites for hydroxylation is 4. The molecule has 2 aromatic rings. The standard InChI is InChI=1S/C19H31N3/c1-3-4-11-21-16-17-22(18-21)13-8-6-5-7-12-20-14-9-19(2)10-15-20/h9-10,14-18H,3-8,11-13H2,1-2H3/q+2. The fourth-order valence-corrected chi connectivity index (χ4v) is 2.67. The second kappa shape index (κ2) is 9.39. The average molecular weight is 301 g/mol. The summed E-state index contributed by atoms with van der Waals surface area (Å²) in [5.74, 6) is 0. The van der Waals surface area contributed by atoms with Gasteiger partial charge in [-0.15, -0.1) is 0 Å². The van der Waals surface area contributed by atoms with Crippen molar-refractivity contribution in [3.8, 4) is 0 Å². The summed E-state index contributed by atoms with van der Waals surface area (Å²) >= 11 is 0. The van der Waals surface area contributed by atoms with E-state index in [0.717, 1.165) is 19.6 Å². The summed E-state index contributed by atoms with van der Waals surface area (Å²) in [7, 11) is 0. The highest BCUT2D eigenvalue weighted by Gasteiger charge is 2.03. The number of pyridine rings is 1. The minimum atomic E-state index is 1.14. The maximum absolute atomic E-state index is 2.32. The molecule has 2 rings (SSSR count). The first-order chi connectivity index (χ1) is 10.8. The van der Waals surface area contributed by atoms with Crippen LogP contribution in [0.15, 0.2) is 43.2 Å². The molecule has 0 fully saturated rings. The molecular weight excluding hydrogens is 270 g/mol. The third-order valence-corrected chi connectivity index (χ3v) is 4.16. The van der Waals surface area contributed by atoms with Crippen LogP contribution < -0.4 is 9.13 Å². The fraction of sp³-hybridized carbons (Fsp3) is 0.579. The van der Waals surface area contributed by atoms with E-state index in [2.05, 4.69) is 70.8 Å². The maximum Gasteiger partial charge on any atom is 0.243 e. The van der Waals surface area contributed by atoms with E-state index in [1.807, 2.05) is 0 Å². The van der Waals surface area contributed by atoms with Gasteiger partial charge < -0.3 is 0 Å². The fourth-order valence-electron chi connectivity index (χ4n) is 2.67. The van der Waals surface area contributed by atoms with Crippen molar-refractivity contribution in [1.82, 2.24) is 4.57 Å². The molecule has 0 bridgehead atoms. The SMILES string of the molecule is CCCCn1cc[n+](CCCCCC[n+]2ccc(C)cc2)c1. The van der Waals surface area contributed by atoms with Crippen molar-refractivity contribution in [1.29, 1.82) is 0 Å². The van der Waals surface area contributed by atoms with Gasteiger partial charge >= 0.3 is 0 Å². The molecule has 0 radical (unpaired) electrons. The monoisotopic (exact) mass is 301 g/mol. The van der Waals surface area contributed by atoms with Crippen molar-refractivity contribution < 1.29 is 9.13 Å². The Kier molecular flexibility index (Phi) is 7.14. The van der Waals surface area contributed by atoms with Crippen LogP contribution >= 0.6 is 0 Å². The first-order valence-corrected chi connectivity index (χ1v) is 8.78. The van der Waals surface area contributed by atoms with Crippen molar-refractivity contribution in [3.63, 3.8) is 0 Å². The highest BCUT2D eigenvalue weighted by molar-refractivity contribution is 5.03. The molecule has 0 atom stereocenters. The molecule has 3 heteroatoms. The number of rotatable bonds is 10. The maximum atomic E-state index is 2.32. The molecule has 0 aliphatic heterocycles. The van der Waals surface area contributed by atoms with Crippen LogP contribution in [0.4, 0.5) is 0 Å². The van der Waals surface area contributed by atoms with Gasteiger partial charge in [0.05, 0.1) is 13.1 Å². The van der Waals surface area contributed by atoms with Crippen molar-refractivity contribution in [2.75, 3.05) is 0 Å². The molecule has 0 saturated heterocycles. The molecule has 120 valence electrons. The minimum Gasteiger partial charge on any atom is -0.237 e. The number of imidazole rings is 1. The predicted molar refractivity (Wildman–Crippen MR) is 89.4 cm³/mol. The van der Waals surface area contributed by atoms with Crippen LogP contribution in [0.2, 0.25) is 0 Å². The normalized spacial score (nSPS) is 11.0. The third kappa shape index (κ3) is 6.00. The van der Waals surface area contributed by atoms with E-state index in [0.29, 0.717) is 0 Å². The molecular formula is C19H31N3+2. The topological polar surface area (TPSA) is 12.7 Å². The van der Waals surface area contributed by atoms with Crippen molar-refractivity contribution in [3.05, 3.63) is 48.8 Å². The number of nitrogens with zero attached hydrogens (tertiary/aromatic N) is 3. The summed E-state index contributed by atoms with van der Waals surface area (Å²) in [6.45, 7) is 7.82. The Balaban J connectivity index is 1.55. The Labute approximate surface area is 135 Å². The van der Waals surface area contributed by atoms with Crippen molar-refractivity contribution >= 4 is 0 Å². The largest absolute Gasteiger partial charge is 0.243 e. The Morgan fingerprint density at radius 2 is 1.55 bits per heavy atom. The molecule has 0 saturated carbocycles. The third-order valence-electron chi connectivity index (χ3n) is 4.16. The van der Waals surface area contributed by atoms with Gasteiger partial charge in [0.2, 0.25) is 6.33 Å². The van der Waals surface area contributed by atoms with Gasteiger partial charge in [-0.25, -0.2) is 13.7 Å². The second-order valence-corrected chi connectivity index (χ2v) is 6.27. The van der Waals surface area contributed by atoms with Gasteiger partial charge in [-0.1, -0.05) is 13.3 Å². The molecule has 0 amide bonds. The van der Waals surface area contributed by atoms with Crippen LogP contribution in [0.3, 0.4) is 0 Å². The number of hydrogen-bond acceptors (Lipinski definition) is 0. The van der Waals surface area contributed by atoms with Crippen LogP contribution in [0, 0.1) is 6.92 Å². The van der Waals surface area contributed by atoms with E-state index in [-0.39, 0.29) is 0 Å². The Bertz CT molecular complexity index is 528. The summed E-state index contributed by atoms with van der Waals surface area (Å²) in [5, 5.41) is 0. The number of aromatic nitrogens is 3. The van der Waals surface area contributed by atoms with Crippen LogP contribution in [-0.4, -0.2) is 4.57 Å². The first-order valence-electron chi connectivity index (χ1n) is 8.78. The summed E-state index contributed by atoms with van der Waals surface area (Å²) in [5.41, 5.74) is 1.33. The molecule has 0 unspecified atom stereocenters. The van der Waals surface area contributed by atoms with E-state index >= 15 is 0 Å². The van der Waals surface area contributed by atoms with Crippen LogP contribution in [0.5, 0.6) is 0 Å². The zero-order chi connectivity index (χ0) is 15.6. The summed E-state index contributed by atoms with van der Waals surface area (Å²) in [4.78, 5) is 0. The van der Waals surface area contributed by atoms with Gasteiger partial charge in [-0.2, -0.15) is 0 Å². The van der Waals surface area contributed by atoms with Gasteiger partial charge in [-0.3, -0.25) is 0 Å². The summed E-state index contributed by atoms with van der Waals surface area (Å²) in [6, 6.07) is 4.36. The van der Waals surface area contributed by atoms with Gasteiger partial charge in [0.15, 0.2) is 12.4 Å². The van der Waals surface area contributed by atoms with E-state index in [4.69, 9.17) is 0 Å². The number of unbranched alkanes of at least 4 members (excludes halogenated alkanes) is 4. The summed E-state index contributed by atoms with van der Waals surface area (Å²) < 4.78 is 6.91. The van der Waals surface area contributed by atoms with Crippen LogP contribution in [0.1, 0.15) is 51.0 Å². The molecule has 0 spiro atoms. The number of hydrogen-bond donors (Lipinski definition) is 0. The minimum absolute atomic E-state index is 1.14. The van der Waals surface area contributed by atoms with Crippen molar-refractivity contribution in [2.45, 2.75) is 72.0 Å². The molecule has 0 aromatic carbocycles. The molecule has 22 heavy (non-hydrogen) atoms. The zero-order valence-corrected chi connectivity index (χ0v) is 14.2. The highest BCUT2D eigenvalue weighted by Crippen LogP contribution is 2.01. The average Bonchev–Trinajstić information content (AvgIpc) is 2.98. The molecule has 0 N–H and O–H groups in total. The smallest absolute Gasteiger partial charge is 0.237 e. The Morgan fingerprint density at radius 3 is 2.23 bits per heavy atom. The Hall–Kier alpha value is -1.64. The molecule has 0 aliphatic rings. The summed E-state index contributed by atoms with van der Waals surface area (Å²) in [6.07, 6.45) is 18.7.